The lowest BCUT2D eigenvalue weighted by atomic mass is 10.1. The van der Waals surface area contributed by atoms with Crippen molar-refractivity contribution in [2.45, 2.75) is 32.2 Å². The minimum absolute atomic E-state index is 0.172. The van der Waals surface area contributed by atoms with Gasteiger partial charge in [-0.25, -0.2) is 4.98 Å². The van der Waals surface area contributed by atoms with Crippen LogP contribution < -0.4 is 10.2 Å². The summed E-state index contributed by atoms with van der Waals surface area (Å²) in [4.78, 5) is 30.9. The van der Waals surface area contributed by atoms with Crippen LogP contribution in [0.25, 0.3) is 0 Å². The molecule has 0 atom stereocenters. The maximum atomic E-state index is 12.5. The molecule has 1 fully saturated rings. The van der Waals surface area contributed by atoms with Gasteiger partial charge in [-0.3, -0.25) is 9.59 Å². The Kier molecular flexibility index (Phi) is 6.00. The first-order valence-electron chi connectivity index (χ1n) is 9.85. The van der Waals surface area contributed by atoms with E-state index in [9.17, 15) is 9.59 Å². The highest BCUT2D eigenvalue weighted by atomic mass is 32.1. The number of amides is 2. The second-order valence-corrected chi connectivity index (χ2v) is 8.09. The molecule has 0 radical (unpaired) electrons. The van der Waals surface area contributed by atoms with E-state index in [0.717, 1.165) is 42.1 Å². The molecule has 4 rings (SSSR count). The Balaban J connectivity index is 1.36. The average molecular weight is 406 g/mol. The first kappa shape index (κ1) is 19.3. The maximum Gasteiger partial charge on any atom is 0.271 e. The number of aromatic nitrogens is 1. The second-order valence-electron chi connectivity index (χ2n) is 7.14. The number of anilines is 1. The van der Waals surface area contributed by atoms with Crippen LogP contribution in [0.3, 0.4) is 0 Å². The highest BCUT2D eigenvalue weighted by molar-refractivity contribution is 7.09. The number of nitrogens with one attached hydrogen (secondary N) is 1. The lowest BCUT2D eigenvalue weighted by Gasteiger charge is -2.27. The molecule has 2 amide bonds. The Labute approximate surface area is 174 Å². The van der Waals surface area contributed by atoms with Gasteiger partial charge in [-0.2, -0.15) is 0 Å². The fraction of sp³-hybridized carbons (Fsp3) is 0.261. The van der Waals surface area contributed by atoms with Gasteiger partial charge in [-0.15, -0.1) is 11.3 Å². The summed E-state index contributed by atoms with van der Waals surface area (Å²) in [6.07, 6.45) is 3.33. The molecule has 2 heterocycles. The number of carbonyl (C=O) groups excluding carboxylic acids is 2. The zero-order valence-corrected chi connectivity index (χ0v) is 17.0. The molecule has 1 N–H and O–H groups in total. The molecule has 1 aliphatic heterocycles. The van der Waals surface area contributed by atoms with Gasteiger partial charge < -0.3 is 10.2 Å². The van der Waals surface area contributed by atoms with Crippen molar-refractivity contribution in [1.82, 2.24) is 10.3 Å². The molecule has 0 spiro atoms. The number of rotatable bonds is 6. The van der Waals surface area contributed by atoms with Crippen molar-refractivity contribution in [2.24, 2.45) is 0 Å². The molecule has 3 aromatic rings. The lowest BCUT2D eigenvalue weighted by Crippen LogP contribution is -2.35. The molecule has 1 aliphatic rings. The summed E-state index contributed by atoms with van der Waals surface area (Å²) >= 11 is 1.50. The predicted octanol–water partition coefficient (Wildman–Crippen LogP) is 4.18. The Morgan fingerprint density at radius 2 is 1.90 bits per heavy atom. The van der Waals surface area contributed by atoms with Crippen LogP contribution in [-0.2, 0) is 17.8 Å². The molecule has 148 valence electrons. The van der Waals surface area contributed by atoms with E-state index in [4.69, 9.17) is 0 Å². The predicted molar refractivity (Wildman–Crippen MR) is 115 cm³/mol. The van der Waals surface area contributed by atoms with E-state index in [2.05, 4.69) is 22.4 Å². The Morgan fingerprint density at radius 3 is 2.72 bits per heavy atom. The van der Waals surface area contributed by atoms with Gasteiger partial charge in [0.15, 0.2) is 0 Å². The first-order chi connectivity index (χ1) is 14.2. The molecule has 0 saturated carbocycles. The third kappa shape index (κ3) is 4.90. The Hall–Kier alpha value is -2.99. The van der Waals surface area contributed by atoms with Gasteiger partial charge in [-0.1, -0.05) is 42.5 Å². The van der Waals surface area contributed by atoms with E-state index in [-0.39, 0.29) is 11.8 Å². The minimum Gasteiger partial charge on any atom is -0.347 e. The van der Waals surface area contributed by atoms with Crippen LogP contribution in [0.1, 0.15) is 45.9 Å². The quantitative estimate of drug-likeness (QED) is 0.669. The summed E-state index contributed by atoms with van der Waals surface area (Å²) < 4.78 is 0. The zero-order valence-electron chi connectivity index (χ0n) is 16.1. The van der Waals surface area contributed by atoms with Crippen LogP contribution in [-0.4, -0.2) is 23.3 Å². The van der Waals surface area contributed by atoms with Crippen molar-refractivity contribution in [2.75, 3.05) is 11.4 Å². The largest absolute Gasteiger partial charge is 0.347 e. The molecule has 2 aromatic carbocycles. The number of nitrogens with zero attached hydrogens (tertiary/aromatic N) is 2. The van der Waals surface area contributed by atoms with Gasteiger partial charge in [0.25, 0.3) is 5.91 Å². The van der Waals surface area contributed by atoms with Crippen LogP contribution in [0.5, 0.6) is 0 Å². The fourth-order valence-corrected chi connectivity index (χ4v) is 4.26. The summed E-state index contributed by atoms with van der Waals surface area (Å²) in [5.74, 6) is -0.00846. The standard InChI is InChI=1S/C23H23N3O2S/c27-22-11-4-5-12-26(22)19-10-6-9-18(13-19)15-24-23(28)20-16-29-21(25-20)14-17-7-2-1-3-8-17/h1-3,6-10,13,16H,4-5,11-12,14-15H2,(H,24,28). The van der Waals surface area contributed by atoms with Gasteiger partial charge >= 0.3 is 0 Å². The van der Waals surface area contributed by atoms with E-state index < -0.39 is 0 Å². The van der Waals surface area contributed by atoms with Crippen molar-refractivity contribution < 1.29 is 9.59 Å². The van der Waals surface area contributed by atoms with Gasteiger partial charge in [0.1, 0.15) is 5.69 Å². The summed E-state index contributed by atoms with van der Waals surface area (Å²) in [7, 11) is 0. The first-order valence-corrected chi connectivity index (χ1v) is 10.7. The van der Waals surface area contributed by atoms with Gasteiger partial charge in [0.2, 0.25) is 5.91 Å². The van der Waals surface area contributed by atoms with Gasteiger partial charge in [-0.05, 0) is 36.1 Å². The number of thiazole rings is 1. The fourth-order valence-electron chi connectivity index (χ4n) is 3.45. The SMILES string of the molecule is O=C(NCc1cccc(N2CCCCC2=O)c1)c1csc(Cc2ccccc2)n1. The van der Waals surface area contributed by atoms with Gasteiger partial charge in [0.05, 0.1) is 5.01 Å². The molecule has 1 aromatic heterocycles. The van der Waals surface area contributed by atoms with E-state index >= 15 is 0 Å². The third-order valence-corrected chi connectivity index (χ3v) is 5.83. The van der Waals surface area contributed by atoms with Crippen molar-refractivity contribution in [1.29, 1.82) is 0 Å². The smallest absolute Gasteiger partial charge is 0.271 e. The van der Waals surface area contributed by atoms with E-state index in [0.29, 0.717) is 18.7 Å². The topological polar surface area (TPSA) is 62.3 Å². The monoisotopic (exact) mass is 405 g/mol. The summed E-state index contributed by atoms with van der Waals surface area (Å²) in [6.45, 7) is 1.16. The average Bonchev–Trinajstić information content (AvgIpc) is 3.22. The Morgan fingerprint density at radius 1 is 1.07 bits per heavy atom. The molecule has 0 bridgehead atoms. The van der Waals surface area contributed by atoms with Crippen molar-refractivity contribution in [3.8, 4) is 0 Å². The number of hydrogen-bond donors (Lipinski definition) is 1. The van der Waals surface area contributed by atoms with E-state index in [1.54, 1.807) is 5.38 Å². The molecule has 0 aliphatic carbocycles. The second kappa shape index (κ2) is 9.01. The van der Waals surface area contributed by atoms with Crippen LogP contribution in [0.4, 0.5) is 5.69 Å². The molecule has 0 unspecified atom stereocenters. The minimum atomic E-state index is -0.181. The molecule has 5 nitrogen and oxygen atoms in total. The third-order valence-electron chi connectivity index (χ3n) is 4.98. The summed E-state index contributed by atoms with van der Waals surface area (Å²) in [5, 5.41) is 5.66. The molecular weight excluding hydrogens is 382 g/mol. The van der Waals surface area contributed by atoms with Crippen LogP contribution in [0.2, 0.25) is 0 Å². The molecule has 1 saturated heterocycles. The van der Waals surface area contributed by atoms with E-state index in [1.807, 2.05) is 47.4 Å². The van der Waals surface area contributed by atoms with Crippen molar-refractivity contribution in [3.05, 3.63) is 81.8 Å². The zero-order chi connectivity index (χ0) is 20.1. The number of carbonyl (C=O) groups is 2. The van der Waals surface area contributed by atoms with Crippen LogP contribution in [0.15, 0.2) is 60.0 Å². The lowest BCUT2D eigenvalue weighted by molar-refractivity contribution is -0.119. The number of benzene rings is 2. The summed E-state index contributed by atoms with van der Waals surface area (Å²) in [6, 6.07) is 17.9. The molecule has 29 heavy (non-hydrogen) atoms. The highest BCUT2D eigenvalue weighted by Crippen LogP contribution is 2.22. The van der Waals surface area contributed by atoms with Gasteiger partial charge in [0, 0.05) is 37.0 Å². The van der Waals surface area contributed by atoms with Crippen LogP contribution in [0, 0.1) is 0 Å². The number of piperidine rings is 1. The summed E-state index contributed by atoms with van der Waals surface area (Å²) in [5.41, 5.74) is 3.50. The number of hydrogen-bond acceptors (Lipinski definition) is 4. The highest BCUT2D eigenvalue weighted by Gasteiger charge is 2.19. The maximum absolute atomic E-state index is 12.5. The molecule has 6 heteroatoms. The molecular formula is C23H23N3O2S. The van der Waals surface area contributed by atoms with Crippen molar-refractivity contribution in [3.63, 3.8) is 0 Å². The van der Waals surface area contributed by atoms with Crippen molar-refractivity contribution >= 4 is 28.8 Å². The van der Waals surface area contributed by atoms with Crippen LogP contribution >= 0.6 is 11.3 Å². The Bertz CT molecular complexity index is 1000. The normalized spacial score (nSPS) is 14.1. The van der Waals surface area contributed by atoms with E-state index in [1.165, 1.54) is 16.9 Å².